The smallest absolute Gasteiger partial charge is 0.317 e. The van der Waals surface area contributed by atoms with Crippen molar-refractivity contribution in [3.8, 4) is 0 Å². The minimum atomic E-state index is -0.721. The highest BCUT2D eigenvalue weighted by Crippen LogP contribution is 2.24. The molecule has 0 unspecified atom stereocenters. The van der Waals surface area contributed by atoms with Crippen molar-refractivity contribution >= 4 is 12.0 Å². The van der Waals surface area contributed by atoms with Gasteiger partial charge in [0.25, 0.3) is 0 Å². The van der Waals surface area contributed by atoms with Crippen molar-refractivity contribution in [2.24, 2.45) is 5.92 Å². The Kier molecular flexibility index (Phi) is 5.68. The summed E-state index contributed by atoms with van der Waals surface area (Å²) < 4.78 is 0. The van der Waals surface area contributed by atoms with E-state index in [1.165, 1.54) is 0 Å². The first-order valence-corrected chi connectivity index (χ1v) is 6.47. The third-order valence-corrected chi connectivity index (χ3v) is 3.42. The maximum atomic E-state index is 11.9. The van der Waals surface area contributed by atoms with Gasteiger partial charge in [0.1, 0.15) is 0 Å². The van der Waals surface area contributed by atoms with Crippen molar-refractivity contribution in [2.75, 3.05) is 13.1 Å². The van der Waals surface area contributed by atoms with Crippen LogP contribution in [0.15, 0.2) is 12.7 Å². The third-order valence-electron chi connectivity index (χ3n) is 3.42. The Balaban J connectivity index is 2.38. The topological polar surface area (TPSA) is 69.6 Å². The molecule has 1 fully saturated rings. The lowest BCUT2D eigenvalue weighted by Crippen LogP contribution is -2.46. The Labute approximate surface area is 108 Å². The summed E-state index contributed by atoms with van der Waals surface area (Å²) in [6.45, 7) is 6.72. The lowest BCUT2D eigenvalue weighted by molar-refractivity contribution is -0.142. The van der Waals surface area contributed by atoms with Crippen LogP contribution in [0.5, 0.6) is 0 Å². The van der Waals surface area contributed by atoms with Gasteiger partial charge in [-0.3, -0.25) is 4.79 Å². The van der Waals surface area contributed by atoms with Gasteiger partial charge >= 0.3 is 12.0 Å². The molecule has 2 N–H and O–H groups in total. The van der Waals surface area contributed by atoms with Crippen LogP contribution >= 0.6 is 0 Å². The number of hydrogen-bond acceptors (Lipinski definition) is 2. The summed E-state index contributed by atoms with van der Waals surface area (Å²) >= 11 is 0. The molecule has 0 aromatic carbocycles. The van der Waals surface area contributed by atoms with Crippen LogP contribution in [-0.4, -0.2) is 41.1 Å². The van der Waals surface area contributed by atoms with Crippen molar-refractivity contribution in [3.63, 3.8) is 0 Å². The van der Waals surface area contributed by atoms with Crippen molar-refractivity contribution in [3.05, 3.63) is 12.7 Å². The van der Waals surface area contributed by atoms with Crippen LogP contribution in [0, 0.1) is 5.92 Å². The van der Waals surface area contributed by atoms with Gasteiger partial charge in [0.2, 0.25) is 0 Å². The fourth-order valence-electron chi connectivity index (χ4n) is 2.26. The van der Waals surface area contributed by atoms with E-state index in [1.54, 1.807) is 11.0 Å². The molecule has 0 bridgehead atoms. The number of hydrogen-bond donors (Lipinski definition) is 2. The Morgan fingerprint density at radius 1 is 1.39 bits per heavy atom. The fourth-order valence-corrected chi connectivity index (χ4v) is 2.26. The minimum absolute atomic E-state index is 0.0869. The molecule has 0 heterocycles. The number of carboxylic acids is 1. The molecule has 1 rings (SSSR count). The number of urea groups is 1. The summed E-state index contributed by atoms with van der Waals surface area (Å²) in [6.07, 6.45) is 4.48. The van der Waals surface area contributed by atoms with E-state index in [0.29, 0.717) is 25.9 Å². The summed E-state index contributed by atoms with van der Waals surface area (Å²) in [5, 5.41) is 11.9. The lowest BCUT2D eigenvalue weighted by atomic mass is 9.86. The highest BCUT2D eigenvalue weighted by atomic mass is 16.4. The zero-order chi connectivity index (χ0) is 13.5. The van der Waals surface area contributed by atoms with Crippen LogP contribution in [0.3, 0.4) is 0 Å². The molecule has 18 heavy (non-hydrogen) atoms. The molecule has 0 radical (unpaired) electrons. The Bertz CT molecular complexity index is 309. The summed E-state index contributed by atoms with van der Waals surface area (Å²) in [5.74, 6) is -0.963. The number of amides is 2. The summed E-state index contributed by atoms with van der Waals surface area (Å²) in [7, 11) is 0. The van der Waals surface area contributed by atoms with Crippen LogP contribution in [-0.2, 0) is 4.79 Å². The van der Waals surface area contributed by atoms with E-state index in [9.17, 15) is 9.59 Å². The molecule has 1 saturated carbocycles. The van der Waals surface area contributed by atoms with Crippen molar-refractivity contribution < 1.29 is 14.7 Å². The molecule has 0 saturated heterocycles. The van der Waals surface area contributed by atoms with Gasteiger partial charge in [-0.2, -0.15) is 0 Å². The molecule has 5 nitrogen and oxygen atoms in total. The molecular formula is C13H22N2O3. The van der Waals surface area contributed by atoms with Gasteiger partial charge in [-0.15, -0.1) is 6.58 Å². The Morgan fingerprint density at radius 2 is 2.00 bits per heavy atom. The van der Waals surface area contributed by atoms with Crippen LogP contribution in [0.2, 0.25) is 0 Å². The number of carbonyl (C=O) groups excluding carboxylic acids is 1. The second-order valence-corrected chi connectivity index (χ2v) is 4.66. The van der Waals surface area contributed by atoms with E-state index in [0.717, 1.165) is 12.8 Å². The number of carbonyl (C=O) groups is 2. The maximum Gasteiger partial charge on any atom is 0.317 e. The second kappa shape index (κ2) is 7.03. The van der Waals surface area contributed by atoms with Gasteiger partial charge in [0, 0.05) is 19.1 Å². The SMILES string of the molecule is C=CCN(CC)C(=O)NC1CCC(C(=O)O)CC1. The van der Waals surface area contributed by atoms with Gasteiger partial charge < -0.3 is 15.3 Å². The van der Waals surface area contributed by atoms with E-state index < -0.39 is 5.97 Å². The van der Waals surface area contributed by atoms with Gasteiger partial charge in [-0.1, -0.05) is 6.08 Å². The summed E-state index contributed by atoms with van der Waals surface area (Å²) in [4.78, 5) is 24.4. The highest BCUT2D eigenvalue weighted by Gasteiger charge is 2.27. The number of carboxylic acid groups (broad SMARTS) is 1. The van der Waals surface area contributed by atoms with E-state index in [4.69, 9.17) is 5.11 Å². The molecule has 0 aliphatic heterocycles. The van der Waals surface area contributed by atoms with Crippen molar-refractivity contribution in [1.29, 1.82) is 0 Å². The first-order valence-electron chi connectivity index (χ1n) is 6.47. The first-order chi connectivity index (χ1) is 8.58. The number of rotatable bonds is 5. The Morgan fingerprint density at radius 3 is 2.44 bits per heavy atom. The molecule has 102 valence electrons. The molecule has 0 aromatic heterocycles. The largest absolute Gasteiger partial charge is 0.481 e. The quantitative estimate of drug-likeness (QED) is 0.736. The van der Waals surface area contributed by atoms with Gasteiger partial charge in [-0.25, -0.2) is 4.79 Å². The zero-order valence-corrected chi connectivity index (χ0v) is 10.9. The molecule has 0 atom stereocenters. The number of nitrogens with zero attached hydrogens (tertiary/aromatic N) is 1. The first kappa shape index (κ1) is 14.5. The highest BCUT2D eigenvalue weighted by molar-refractivity contribution is 5.74. The lowest BCUT2D eigenvalue weighted by Gasteiger charge is -2.29. The molecular weight excluding hydrogens is 232 g/mol. The van der Waals surface area contributed by atoms with E-state index in [-0.39, 0.29) is 18.0 Å². The summed E-state index contributed by atoms with van der Waals surface area (Å²) in [5.41, 5.74) is 0. The van der Waals surface area contributed by atoms with Crippen LogP contribution < -0.4 is 5.32 Å². The van der Waals surface area contributed by atoms with E-state index in [2.05, 4.69) is 11.9 Å². The van der Waals surface area contributed by atoms with Crippen molar-refractivity contribution in [2.45, 2.75) is 38.6 Å². The molecule has 2 amide bonds. The second-order valence-electron chi connectivity index (χ2n) is 4.66. The standard InChI is InChI=1S/C13H22N2O3/c1-3-9-15(4-2)13(18)14-11-7-5-10(6-8-11)12(16)17/h3,10-11H,1,4-9H2,2H3,(H,14,18)(H,16,17). The normalized spacial score (nSPS) is 23.2. The third kappa shape index (κ3) is 4.05. The number of likely N-dealkylation sites (N-methyl/N-ethyl adjacent to an activating group) is 1. The Hall–Kier alpha value is -1.52. The van der Waals surface area contributed by atoms with Gasteiger partial charge in [-0.05, 0) is 32.6 Å². The predicted octanol–water partition coefficient (Wildman–Crippen LogP) is 1.85. The minimum Gasteiger partial charge on any atom is -0.481 e. The van der Waals surface area contributed by atoms with Crippen LogP contribution in [0.25, 0.3) is 0 Å². The van der Waals surface area contributed by atoms with E-state index >= 15 is 0 Å². The number of nitrogens with one attached hydrogen (secondary N) is 1. The van der Waals surface area contributed by atoms with Crippen molar-refractivity contribution in [1.82, 2.24) is 10.2 Å². The molecule has 1 aliphatic carbocycles. The average molecular weight is 254 g/mol. The summed E-state index contributed by atoms with van der Waals surface area (Å²) in [6, 6.07) is 0.0168. The van der Waals surface area contributed by atoms with E-state index in [1.807, 2.05) is 6.92 Å². The van der Waals surface area contributed by atoms with Gasteiger partial charge in [0.15, 0.2) is 0 Å². The molecule has 0 spiro atoms. The van der Waals surface area contributed by atoms with Crippen LogP contribution in [0.1, 0.15) is 32.6 Å². The van der Waals surface area contributed by atoms with Gasteiger partial charge in [0.05, 0.1) is 5.92 Å². The number of aliphatic carboxylic acids is 1. The maximum absolute atomic E-state index is 11.9. The monoisotopic (exact) mass is 254 g/mol. The predicted molar refractivity (Wildman–Crippen MR) is 69.4 cm³/mol. The fraction of sp³-hybridized carbons (Fsp3) is 0.692. The molecule has 1 aliphatic rings. The molecule has 5 heteroatoms. The average Bonchev–Trinajstić information content (AvgIpc) is 2.36. The van der Waals surface area contributed by atoms with Crippen LogP contribution in [0.4, 0.5) is 4.79 Å². The zero-order valence-electron chi connectivity index (χ0n) is 10.9. The molecule has 0 aromatic rings.